The molecule has 0 radical (unpaired) electrons. The van der Waals surface area contributed by atoms with Crippen molar-refractivity contribution in [3.63, 3.8) is 0 Å². The number of ether oxygens (including phenoxy) is 2. The first-order chi connectivity index (χ1) is 15.0. The summed E-state index contributed by atoms with van der Waals surface area (Å²) in [5, 5.41) is 2.92. The number of halogens is 4. The molecular weight excluding hydrogens is 530 g/mol. The molecule has 3 atom stereocenters. The van der Waals surface area contributed by atoms with Crippen molar-refractivity contribution in [3.8, 4) is 5.75 Å². The van der Waals surface area contributed by atoms with Gasteiger partial charge in [-0.1, -0.05) is 11.6 Å². The number of carbonyl (C=O) groups is 1. The molecular formula is C20H22BrCl2FN4O4. The molecule has 12 heteroatoms. The Morgan fingerprint density at radius 1 is 1.34 bits per heavy atom. The average Bonchev–Trinajstić information content (AvgIpc) is 3.01. The molecule has 1 aromatic heterocycles. The highest BCUT2D eigenvalue weighted by molar-refractivity contribution is 9.10. The number of piperazine rings is 1. The van der Waals surface area contributed by atoms with Crippen LogP contribution < -0.4 is 15.6 Å². The maximum atomic E-state index is 14.7. The molecule has 2 aliphatic rings. The Kier molecular flexibility index (Phi) is 6.34. The number of hydrogen-bond donors (Lipinski definition) is 2. The van der Waals surface area contributed by atoms with Crippen molar-refractivity contribution < 1.29 is 18.7 Å². The normalized spacial score (nSPS) is 23.0. The summed E-state index contributed by atoms with van der Waals surface area (Å²) in [6.45, 7) is 6.15. The van der Waals surface area contributed by atoms with Crippen LogP contribution in [-0.4, -0.2) is 57.8 Å². The van der Waals surface area contributed by atoms with E-state index in [0.717, 1.165) is 12.8 Å². The third-order valence-corrected chi connectivity index (χ3v) is 7.06. The van der Waals surface area contributed by atoms with Gasteiger partial charge in [-0.05, 0) is 61.1 Å². The van der Waals surface area contributed by atoms with Gasteiger partial charge in [0.05, 0.1) is 16.6 Å². The molecule has 2 fully saturated rings. The van der Waals surface area contributed by atoms with Crippen LogP contribution in [0.2, 0.25) is 10.3 Å². The quantitative estimate of drug-likeness (QED) is 0.437. The van der Waals surface area contributed by atoms with Crippen LogP contribution in [-0.2, 0) is 4.74 Å². The number of aromatic nitrogens is 2. The van der Waals surface area contributed by atoms with Gasteiger partial charge >= 0.3 is 6.09 Å². The van der Waals surface area contributed by atoms with Gasteiger partial charge in [0.25, 0.3) is 5.56 Å². The molecule has 174 valence electrons. The monoisotopic (exact) mass is 550 g/mol. The van der Waals surface area contributed by atoms with Crippen LogP contribution in [0.5, 0.6) is 5.75 Å². The van der Waals surface area contributed by atoms with Crippen LogP contribution in [0.15, 0.2) is 9.27 Å². The number of hydrogen-bond acceptors (Lipinski definition) is 6. The van der Waals surface area contributed by atoms with E-state index in [1.165, 1.54) is 0 Å². The molecule has 0 saturated carbocycles. The minimum atomic E-state index is -0.809. The molecule has 1 amide bonds. The van der Waals surface area contributed by atoms with E-state index in [1.807, 2.05) is 20.8 Å². The minimum Gasteiger partial charge on any atom is -0.489 e. The van der Waals surface area contributed by atoms with Crippen molar-refractivity contribution in [2.45, 2.75) is 57.3 Å². The van der Waals surface area contributed by atoms with E-state index in [2.05, 4.69) is 31.2 Å². The number of nitrogens with one attached hydrogen (secondary N) is 2. The van der Waals surface area contributed by atoms with Crippen LogP contribution in [0, 0.1) is 5.82 Å². The second-order valence-corrected chi connectivity index (χ2v) is 10.4. The van der Waals surface area contributed by atoms with Gasteiger partial charge in [-0.25, -0.2) is 14.2 Å². The summed E-state index contributed by atoms with van der Waals surface area (Å²) in [5.41, 5.74) is -1.52. The van der Waals surface area contributed by atoms with Crippen molar-refractivity contribution in [1.29, 1.82) is 0 Å². The maximum Gasteiger partial charge on any atom is 0.410 e. The first-order valence-corrected chi connectivity index (χ1v) is 11.7. The Morgan fingerprint density at radius 2 is 2.06 bits per heavy atom. The summed E-state index contributed by atoms with van der Waals surface area (Å²) >= 11 is 15.2. The molecule has 0 unspecified atom stereocenters. The maximum absolute atomic E-state index is 14.7. The molecule has 3 heterocycles. The largest absolute Gasteiger partial charge is 0.489 e. The Balaban J connectivity index is 1.62. The average molecular weight is 552 g/mol. The second kappa shape index (κ2) is 8.62. The smallest absolute Gasteiger partial charge is 0.410 e. The summed E-state index contributed by atoms with van der Waals surface area (Å²) in [6, 6.07) is -0.344. The first kappa shape index (κ1) is 23.5. The number of aromatic amines is 1. The van der Waals surface area contributed by atoms with E-state index in [9.17, 15) is 14.0 Å². The highest BCUT2D eigenvalue weighted by atomic mass is 79.9. The van der Waals surface area contributed by atoms with Crippen molar-refractivity contribution in [2.75, 3.05) is 13.2 Å². The summed E-state index contributed by atoms with van der Waals surface area (Å²) in [5.74, 6) is -0.818. The fraction of sp³-hybridized carbons (Fsp3) is 0.550. The molecule has 1 aromatic carbocycles. The van der Waals surface area contributed by atoms with Crippen LogP contribution in [0.4, 0.5) is 9.18 Å². The second-order valence-electron chi connectivity index (χ2n) is 8.86. The zero-order valence-corrected chi connectivity index (χ0v) is 20.7. The zero-order chi connectivity index (χ0) is 23.4. The molecule has 0 spiro atoms. The Labute approximate surface area is 201 Å². The standard InChI is InChI=1S/C20H22BrCl2FN4O4/c1-20(2,3)32-19(30)28-8-4-5-10(28)9(25-6-8)7-31-16-11-15(14(24)12(21)13(16)22)26-18(23)27-17(11)29/h8-10,25H,4-7H2,1-3H3,(H,26,27,29)/t8-,9-,10+/m1/s1. The molecule has 8 nitrogen and oxygen atoms in total. The predicted molar refractivity (Wildman–Crippen MR) is 122 cm³/mol. The van der Waals surface area contributed by atoms with Crippen LogP contribution in [0.3, 0.4) is 0 Å². The summed E-state index contributed by atoms with van der Waals surface area (Å²) in [7, 11) is 0. The van der Waals surface area contributed by atoms with Crippen LogP contribution >= 0.6 is 39.1 Å². The van der Waals surface area contributed by atoms with E-state index in [1.54, 1.807) is 4.90 Å². The van der Waals surface area contributed by atoms with Crippen LogP contribution in [0.25, 0.3) is 10.9 Å². The van der Waals surface area contributed by atoms with Gasteiger partial charge in [-0.3, -0.25) is 14.7 Å². The fourth-order valence-corrected chi connectivity index (χ4v) is 5.00. The lowest BCUT2D eigenvalue weighted by Gasteiger charge is -2.41. The molecule has 32 heavy (non-hydrogen) atoms. The van der Waals surface area contributed by atoms with Crippen LogP contribution in [0.1, 0.15) is 33.6 Å². The van der Waals surface area contributed by atoms with E-state index in [-0.39, 0.29) is 62.3 Å². The Bertz CT molecular complexity index is 1140. The van der Waals surface area contributed by atoms with Gasteiger partial charge in [-0.15, -0.1) is 0 Å². The first-order valence-electron chi connectivity index (χ1n) is 10.1. The van der Waals surface area contributed by atoms with Crippen molar-refractivity contribution >= 4 is 56.1 Å². The lowest BCUT2D eigenvalue weighted by atomic mass is 10.1. The summed E-state index contributed by atoms with van der Waals surface area (Å²) in [4.78, 5) is 33.3. The highest BCUT2D eigenvalue weighted by Crippen LogP contribution is 2.40. The fourth-order valence-electron chi connectivity index (χ4n) is 4.23. The minimum absolute atomic E-state index is 0.00824. The molecule has 2 aromatic rings. The number of fused-ring (bicyclic) bond motifs is 3. The SMILES string of the molecule is CC(C)(C)OC(=O)N1[C@@H]2CC[C@H]1[C@@H](COc1c(Cl)c(Br)c(F)c3nc(Cl)[nH]c(=O)c13)NC2. The molecule has 2 saturated heterocycles. The topological polar surface area (TPSA) is 96.5 Å². The summed E-state index contributed by atoms with van der Waals surface area (Å²) < 4.78 is 26.1. The number of rotatable bonds is 3. The van der Waals surface area contributed by atoms with Crippen molar-refractivity contribution in [3.05, 3.63) is 30.9 Å². The van der Waals surface area contributed by atoms with Gasteiger partial charge in [0.2, 0.25) is 5.28 Å². The van der Waals surface area contributed by atoms with E-state index in [4.69, 9.17) is 32.7 Å². The highest BCUT2D eigenvalue weighted by Gasteiger charge is 2.46. The molecule has 0 aliphatic carbocycles. The van der Waals surface area contributed by atoms with E-state index < -0.39 is 17.0 Å². The van der Waals surface area contributed by atoms with Crippen molar-refractivity contribution in [2.24, 2.45) is 0 Å². The third-order valence-electron chi connectivity index (χ3n) is 5.55. The van der Waals surface area contributed by atoms with Gasteiger partial charge in [0.1, 0.15) is 28.1 Å². The molecule has 2 aliphatic heterocycles. The van der Waals surface area contributed by atoms with E-state index >= 15 is 0 Å². The number of amides is 1. The number of H-pyrrole nitrogens is 1. The van der Waals surface area contributed by atoms with Gasteiger partial charge in [0, 0.05) is 12.6 Å². The molecule has 4 rings (SSSR count). The third kappa shape index (κ3) is 4.30. The van der Waals surface area contributed by atoms with Crippen molar-refractivity contribution in [1.82, 2.24) is 20.2 Å². The van der Waals surface area contributed by atoms with Gasteiger partial charge in [-0.2, -0.15) is 0 Å². The predicted octanol–water partition coefficient (Wildman–Crippen LogP) is 4.25. The van der Waals surface area contributed by atoms with E-state index in [0.29, 0.717) is 6.54 Å². The van der Waals surface area contributed by atoms with Gasteiger partial charge in [0.15, 0.2) is 11.6 Å². The number of carbonyl (C=O) groups excluding carboxylic acids is 1. The lowest BCUT2D eigenvalue weighted by Crippen LogP contribution is -2.61. The Hall–Kier alpha value is -1.62. The number of benzene rings is 1. The Morgan fingerprint density at radius 3 is 2.75 bits per heavy atom. The molecule has 2 bridgehead atoms. The lowest BCUT2D eigenvalue weighted by molar-refractivity contribution is 0.00125. The zero-order valence-electron chi connectivity index (χ0n) is 17.6. The van der Waals surface area contributed by atoms with Gasteiger partial charge < -0.3 is 14.8 Å². The molecule has 2 N–H and O–H groups in total. The summed E-state index contributed by atoms with van der Waals surface area (Å²) in [6.07, 6.45) is 1.27. The number of nitrogens with zero attached hydrogens (tertiary/aromatic N) is 2.